The molecule has 2 aliphatic rings. The molecule has 0 saturated carbocycles. The van der Waals surface area contributed by atoms with Gasteiger partial charge in [-0.15, -0.1) is 0 Å². The highest BCUT2D eigenvalue weighted by molar-refractivity contribution is 5.75. The summed E-state index contributed by atoms with van der Waals surface area (Å²) in [6, 6.07) is 8.23. The summed E-state index contributed by atoms with van der Waals surface area (Å²) in [6.07, 6.45) is 3.48. The predicted octanol–water partition coefficient (Wildman–Crippen LogP) is 2.41. The molecule has 0 spiro atoms. The molecule has 26 heavy (non-hydrogen) atoms. The van der Waals surface area contributed by atoms with Crippen molar-refractivity contribution in [2.24, 2.45) is 11.8 Å². The second-order valence-electron chi connectivity index (χ2n) is 7.21. The molecule has 0 bridgehead atoms. The summed E-state index contributed by atoms with van der Waals surface area (Å²) >= 11 is 0. The number of rotatable bonds is 2. The molecule has 0 N–H and O–H groups in total. The zero-order valence-electron chi connectivity index (χ0n) is 14.9. The van der Waals surface area contributed by atoms with Crippen molar-refractivity contribution >= 4 is 12.0 Å². The zero-order valence-corrected chi connectivity index (χ0v) is 14.9. The Labute approximate surface area is 152 Å². The van der Waals surface area contributed by atoms with Crippen LogP contribution in [0, 0.1) is 17.7 Å². The third kappa shape index (κ3) is 2.87. The van der Waals surface area contributed by atoms with Crippen molar-refractivity contribution in [1.29, 1.82) is 0 Å². The first-order chi connectivity index (χ1) is 12.5. The lowest BCUT2D eigenvalue weighted by atomic mass is 9.89. The van der Waals surface area contributed by atoms with Crippen LogP contribution in [0.25, 0.3) is 0 Å². The molecule has 3 heterocycles. The topological polar surface area (TPSA) is 52.6 Å². The minimum absolute atomic E-state index is 0.0313. The Hall–Kier alpha value is -2.70. The van der Waals surface area contributed by atoms with Crippen LogP contribution in [0.15, 0.2) is 42.7 Å². The number of carbonyl (C=O) groups excluding carboxylic acids is 1. The highest BCUT2D eigenvalue weighted by atomic mass is 19.1. The molecule has 2 aromatic rings. The molecule has 7 heteroatoms. The number of likely N-dealkylation sites (tertiary alicyclic amines) is 1. The summed E-state index contributed by atoms with van der Waals surface area (Å²) in [5, 5.41) is 0. The summed E-state index contributed by atoms with van der Waals surface area (Å²) in [4.78, 5) is 27.0. The number of carbonyl (C=O) groups is 1. The van der Waals surface area contributed by atoms with Crippen LogP contribution in [0.1, 0.15) is 11.6 Å². The number of nitrogens with zero attached hydrogens (tertiary/aromatic N) is 5. The van der Waals surface area contributed by atoms with Gasteiger partial charge in [0.1, 0.15) is 5.82 Å². The molecular formula is C19H22FN5O. The number of benzene rings is 1. The minimum atomic E-state index is -0.274. The number of hydrogen-bond acceptors (Lipinski definition) is 4. The molecule has 4 rings (SSSR count). The third-order valence-corrected chi connectivity index (χ3v) is 5.32. The lowest BCUT2D eigenvalue weighted by Gasteiger charge is -2.31. The Morgan fingerprint density at radius 1 is 1.15 bits per heavy atom. The van der Waals surface area contributed by atoms with E-state index in [0.29, 0.717) is 18.4 Å². The molecule has 1 aromatic heterocycles. The van der Waals surface area contributed by atoms with Gasteiger partial charge in [-0.05, 0) is 23.8 Å². The molecule has 0 unspecified atom stereocenters. The number of anilines is 1. The number of amides is 2. The van der Waals surface area contributed by atoms with Gasteiger partial charge in [-0.2, -0.15) is 0 Å². The van der Waals surface area contributed by atoms with Crippen molar-refractivity contribution in [2.75, 3.05) is 38.6 Å². The molecule has 2 aliphatic heterocycles. The Kier molecular flexibility index (Phi) is 4.22. The van der Waals surface area contributed by atoms with Crippen LogP contribution in [0.4, 0.5) is 15.1 Å². The second kappa shape index (κ2) is 6.55. The number of urea groups is 1. The molecule has 6 nitrogen and oxygen atoms in total. The SMILES string of the molecule is CN(C)C(=O)N1C[C@H]2CN(c3ncccn3)C[C@H]2[C@H]1c1cccc(F)c1. The van der Waals surface area contributed by atoms with E-state index in [0.717, 1.165) is 18.7 Å². The summed E-state index contributed by atoms with van der Waals surface area (Å²) < 4.78 is 13.8. The van der Waals surface area contributed by atoms with E-state index in [1.807, 2.05) is 11.0 Å². The van der Waals surface area contributed by atoms with Crippen LogP contribution in [0.5, 0.6) is 0 Å². The fraction of sp³-hybridized carbons (Fsp3) is 0.421. The number of fused-ring (bicyclic) bond motifs is 1. The Morgan fingerprint density at radius 3 is 2.62 bits per heavy atom. The number of aromatic nitrogens is 2. The van der Waals surface area contributed by atoms with Crippen molar-refractivity contribution in [3.8, 4) is 0 Å². The van der Waals surface area contributed by atoms with Gasteiger partial charge in [0.15, 0.2) is 0 Å². The molecule has 3 atom stereocenters. The van der Waals surface area contributed by atoms with Crippen molar-refractivity contribution in [1.82, 2.24) is 19.8 Å². The van der Waals surface area contributed by atoms with E-state index in [-0.39, 0.29) is 23.8 Å². The van der Waals surface area contributed by atoms with E-state index in [9.17, 15) is 9.18 Å². The Morgan fingerprint density at radius 2 is 1.92 bits per heavy atom. The average molecular weight is 355 g/mol. The van der Waals surface area contributed by atoms with Crippen LogP contribution in [0.3, 0.4) is 0 Å². The average Bonchev–Trinajstić information content (AvgIpc) is 3.19. The molecule has 0 aliphatic carbocycles. The van der Waals surface area contributed by atoms with Gasteiger partial charge in [0, 0.05) is 58.0 Å². The lowest BCUT2D eigenvalue weighted by molar-refractivity contribution is 0.159. The van der Waals surface area contributed by atoms with Crippen molar-refractivity contribution in [3.63, 3.8) is 0 Å². The van der Waals surface area contributed by atoms with E-state index in [1.165, 1.54) is 6.07 Å². The molecule has 2 saturated heterocycles. The van der Waals surface area contributed by atoms with Crippen LogP contribution >= 0.6 is 0 Å². The molecular weight excluding hydrogens is 333 g/mol. The van der Waals surface area contributed by atoms with E-state index in [4.69, 9.17) is 0 Å². The van der Waals surface area contributed by atoms with E-state index < -0.39 is 0 Å². The van der Waals surface area contributed by atoms with Crippen LogP contribution in [-0.2, 0) is 0 Å². The summed E-state index contributed by atoms with van der Waals surface area (Å²) in [7, 11) is 3.51. The maximum absolute atomic E-state index is 13.8. The Balaban J connectivity index is 1.65. The van der Waals surface area contributed by atoms with Crippen LogP contribution in [-0.4, -0.2) is 59.5 Å². The predicted molar refractivity (Wildman–Crippen MR) is 96.2 cm³/mol. The van der Waals surface area contributed by atoms with Crippen molar-refractivity contribution in [2.45, 2.75) is 6.04 Å². The first-order valence-electron chi connectivity index (χ1n) is 8.80. The summed E-state index contributed by atoms with van der Waals surface area (Å²) in [5.41, 5.74) is 0.850. The van der Waals surface area contributed by atoms with Crippen molar-refractivity contribution in [3.05, 3.63) is 54.1 Å². The van der Waals surface area contributed by atoms with Crippen LogP contribution in [0.2, 0.25) is 0 Å². The zero-order chi connectivity index (χ0) is 18.3. The maximum Gasteiger partial charge on any atom is 0.320 e. The van der Waals surface area contributed by atoms with Crippen LogP contribution < -0.4 is 4.90 Å². The standard InChI is InChI=1S/C19H22FN5O/c1-23(2)19(26)25-11-14-10-24(18-21-7-4-8-22-18)12-16(14)17(25)13-5-3-6-15(20)9-13/h3-9,14,16-17H,10-12H2,1-2H3/t14-,16-,17-/m1/s1. The summed E-state index contributed by atoms with van der Waals surface area (Å²) in [6.45, 7) is 2.22. The highest BCUT2D eigenvalue weighted by Crippen LogP contribution is 2.45. The van der Waals surface area contributed by atoms with Gasteiger partial charge in [-0.25, -0.2) is 19.2 Å². The molecule has 2 fully saturated rings. The monoisotopic (exact) mass is 355 g/mol. The molecule has 136 valence electrons. The summed E-state index contributed by atoms with van der Waals surface area (Å²) in [5.74, 6) is 0.982. The molecule has 1 aromatic carbocycles. The van der Waals surface area contributed by atoms with Gasteiger partial charge < -0.3 is 14.7 Å². The largest absolute Gasteiger partial charge is 0.340 e. The molecule has 2 amide bonds. The van der Waals surface area contributed by atoms with Crippen molar-refractivity contribution < 1.29 is 9.18 Å². The third-order valence-electron chi connectivity index (χ3n) is 5.32. The van der Waals surface area contributed by atoms with Gasteiger partial charge in [-0.1, -0.05) is 12.1 Å². The lowest BCUT2D eigenvalue weighted by Crippen LogP contribution is -2.41. The quantitative estimate of drug-likeness (QED) is 0.830. The number of halogens is 1. The van der Waals surface area contributed by atoms with Gasteiger partial charge in [0.05, 0.1) is 6.04 Å². The smallest absolute Gasteiger partial charge is 0.320 e. The van der Waals surface area contributed by atoms with E-state index in [1.54, 1.807) is 49.6 Å². The van der Waals surface area contributed by atoms with Gasteiger partial charge in [0.25, 0.3) is 0 Å². The van der Waals surface area contributed by atoms with Gasteiger partial charge in [-0.3, -0.25) is 0 Å². The fourth-order valence-electron chi connectivity index (χ4n) is 4.23. The first-order valence-corrected chi connectivity index (χ1v) is 8.80. The molecule has 0 radical (unpaired) electrons. The second-order valence-corrected chi connectivity index (χ2v) is 7.21. The minimum Gasteiger partial charge on any atom is -0.340 e. The number of hydrogen-bond donors (Lipinski definition) is 0. The fourth-order valence-corrected chi connectivity index (χ4v) is 4.23. The van der Waals surface area contributed by atoms with Gasteiger partial charge >= 0.3 is 6.03 Å². The Bertz CT molecular complexity index is 800. The van der Waals surface area contributed by atoms with E-state index in [2.05, 4.69) is 14.9 Å². The van der Waals surface area contributed by atoms with E-state index >= 15 is 0 Å². The normalized spacial score (nSPS) is 24.7. The maximum atomic E-state index is 13.8. The van der Waals surface area contributed by atoms with Gasteiger partial charge in [0.2, 0.25) is 5.95 Å². The first kappa shape index (κ1) is 16.8. The highest BCUT2D eigenvalue weighted by Gasteiger charge is 2.50.